The molecule has 1 N–H and O–H groups in total. The first-order valence-electron chi connectivity index (χ1n) is 7.61. The maximum absolute atomic E-state index is 9.49. The van der Waals surface area contributed by atoms with E-state index in [0.29, 0.717) is 0 Å². The first-order chi connectivity index (χ1) is 8.20. The van der Waals surface area contributed by atoms with E-state index in [4.69, 9.17) is 0 Å². The third kappa shape index (κ3) is 12.2. The molecule has 0 aliphatic rings. The van der Waals surface area contributed by atoms with Gasteiger partial charge in [0.1, 0.15) is 0 Å². The monoisotopic (exact) mass is 243 g/mol. The van der Waals surface area contributed by atoms with Crippen molar-refractivity contribution in [1.29, 1.82) is 0 Å². The molecule has 1 unspecified atom stereocenters. The fourth-order valence-electron chi connectivity index (χ4n) is 2.19. The van der Waals surface area contributed by atoms with Crippen LogP contribution in [-0.4, -0.2) is 35.7 Å². The summed E-state index contributed by atoms with van der Waals surface area (Å²) in [5.41, 5.74) is 0. The predicted molar refractivity (Wildman–Crippen MR) is 76.4 cm³/mol. The van der Waals surface area contributed by atoms with Crippen LogP contribution >= 0.6 is 0 Å². The highest BCUT2D eigenvalue weighted by molar-refractivity contribution is 4.62. The fourth-order valence-corrected chi connectivity index (χ4v) is 2.19. The number of rotatable bonds is 12. The summed E-state index contributed by atoms with van der Waals surface area (Å²) in [5.74, 6) is 0. The maximum atomic E-state index is 9.49. The van der Waals surface area contributed by atoms with E-state index in [1.165, 1.54) is 51.4 Å². The van der Waals surface area contributed by atoms with E-state index in [9.17, 15) is 5.11 Å². The number of unbranched alkanes of at least 4 members (excludes halogenated alkanes) is 6. The van der Waals surface area contributed by atoms with Crippen LogP contribution in [0.25, 0.3) is 0 Å². The SMILES string of the molecule is CCCCCCN(CCCCCC)CC(C)O. The van der Waals surface area contributed by atoms with Crippen molar-refractivity contribution in [3.8, 4) is 0 Å². The lowest BCUT2D eigenvalue weighted by Crippen LogP contribution is -2.32. The summed E-state index contributed by atoms with van der Waals surface area (Å²) in [5, 5.41) is 9.49. The second-order valence-corrected chi connectivity index (χ2v) is 5.27. The summed E-state index contributed by atoms with van der Waals surface area (Å²) in [6.45, 7) is 9.56. The zero-order valence-electron chi connectivity index (χ0n) is 12.2. The molecule has 0 radical (unpaired) electrons. The molecule has 17 heavy (non-hydrogen) atoms. The molecule has 0 aliphatic carbocycles. The van der Waals surface area contributed by atoms with Crippen molar-refractivity contribution >= 4 is 0 Å². The van der Waals surface area contributed by atoms with E-state index in [1.807, 2.05) is 6.92 Å². The number of hydrogen-bond acceptors (Lipinski definition) is 2. The van der Waals surface area contributed by atoms with Crippen LogP contribution in [-0.2, 0) is 0 Å². The second-order valence-electron chi connectivity index (χ2n) is 5.27. The van der Waals surface area contributed by atoms with Gasteiger partial charge in [0.2, 0.25) is 0 Å². The number of aliphatic hydroxyl groups excluding tert-OH is 1. The summed E-state index contributed by atoms with van der Waals surface area (Å²) in [4.78, 5) is 2.44. The number of aliphatic hydroxyl groups is 1. The average Bonchev–Trinajstić information content (AvgIpc) is 2.29. The summed E-state index contributed by atoms with van der Waals surface area (Å²) in [6, 6.07) is 0. The van der Waals surface area contributed by atoms with Crippen molar-refractivity contribution < 1.29 is 5.11 Å². The highest BCUT2D eigenvalue weighted by atomic mass is 16.3. The zero-order valence-corrected chi connectivity index (χ0v) is 12.2. The van der Waals surface area contributed by atoms with Crippen molar-refractivity contribution in [3.05, 3.63) is 0 Å². The second kappa shape index (κ2) is 12.4. The van der Waals surface area contributed by atoms with E-state index in [1.54, 1.807) is 0 Å². The van der Waals surface area contributed by atoms with Gasteiger partial charge >= 0.3 is 0 Å². The van der Waals surface area contributed by atoms with Gasteiger partial charge < -0.3 is 10.0 Å². The molecular formula is C15H33NO. The third-order valence-electron chi connectivity index (χ3n) is 3.18. The fraction of sp³-hybridized carbons (Fsp3) is 1.00. The lowest BCUT2D eigenvalue weighted by molar-refractivity contribution is 0.123. The van der Waals surface area contributed by atoms with Gasteiger partial charge in [0.05, 0.1) is 6.10 Å². The first kappa shape index (κ1) is 16.9. The highest BCUT2D eigenvalue weighted by Gasteiger charge is 2.07. The zero-order chi connectivity index (χ0) is 12.9. The standard InChI is InChI=1S/C15H33NO/c1-4-6-8-10-12-16(14-15(3)17)13-11-9-7-5-2/h15,17H,4-14H2,1-3H3. The molecule has 0 spiro atoms. The maximum Gasteiger partial charge on any atom is 0.0639 e. The molecule has 0 aromatic rings. The molecule has 0 bridgehead atoms. The molecule has 0 saturated carbocycles. The van der Waals surface area contributed by atoms with Crippen molar-refractivity contribution in [2.45, 2.75) is 78.2 Å². The van der Waals surface area contributed by atoms with Crippen LogP contribution in [0, 0.1) is 0 Å². The van der Waals surface area contributed by atoms with Crippen LogP contribution in [0.4, 0.5) is 0 Å². The molecule has 0 saturated heterocycles. The highest BCUT2D eigenvalue weighted by Crippen LogP contribution is 2.06. The van der Waals surface area contributed by atoms with Crippen LogP contribution in [0.3, 0.4) is 0 Å². The van der Waals surface area contributed by atoms with Crippen molar-refractivity contribution in [3.63, 3.8) is 0 Å². The summed E-state index contributed by atoms with van der Waals surface area (Å²) >= 11 is 0. The summed E-state index contributed by atoms with van der Waals surface area (Å²) in [7, 11) is 0. The Hall–Kier alpha value is -0.0800. The molecule has 0 aromatic carbocycles. The Balaban J connectivity index is 3.64. The molecular weight excluding hydrogens is 210 g/mol. The van der Waals surface area contributed by atoms with Gasteiger partial charge in [-0.25, -0.2) is 0 Å². The molecule has 0 rings (SSSR count). The van der Waals surface area contributed by atoms with Gasteiger partial charge in [-0.3, -0.25) is 0 Å². The van der Waals surface area contributed by atoms with Crippen molar-refractivity contribution in [1.82, 2.24) is 4.90 Å². The molecule has 104 valence electrons. The Kier molecular flexibility index (Phi) is 12.3. The minimum Gasteiger partial charge on any atom is -0.392 e. The Morgan fingerprint density at radius 3 is 1.65 bits per heavy atom. The Labute approximate surface area is 108 Å². The Morgan fingerprint density at radius 1 is 0.824 bits per heavy atom. The largest absolute Gasteiger partial charge is 0.392 e. The van der Waals surface area contributed by atoms with E-state index < -0.39 is 0 Å². The van der Waals surface area contributed by atoms with E-state index in [-0.39, 0.29) is 6.10 Å². The third-order valence-corrected chi connectivity index (χ3v) is 3.18. The molecule has 0 amide bonds. The molecule has 0 fully saturated rings. The first-order valence-corrected chi connectivity index (χ1v) is 7.61. The van der Waals surface area contributed by atoms with E-state index >= 15 is 0 Å². The molecule has 0 heterocycles. The van der Waals surface area contributed by atoms with Gasteiger partial charge in [-0.15, -0.1) is 0 Å². The van der Waals surface area contributed by atoms with Gasteiger partial charge in [-0.2, -0.15) is 0 Å². The minimum absolute atomic E-state index is 0.188. The smallest absolute Gasteiger partial charge is 0.0639 e. The lowest BCUT2D eigenvalue weighted by atomic mass is 10.1. The molecule has 1 atom stereocenters. The van der Waals surface area contributed by atoms with Crippen LogP contribution in [0.15, 0.2) is 0 Å². The minimum atomic E-state index is -0.188. The average molecular weight is 243 g/mol. The van der Waals surface area contributed by atoms with Gasteiger partial charge in [-0.1, -0.05) is 52.4 Å². The van der Waals surface area contributed by atoms with Gasteiger partial charge in [0, 0.05) is 6.54 Å². The van der Waals surface area contributed by atoms with Gasteiger partial charge in [0.25, 0.3) is 0 Å². The van der Waals surface area contributed by atoms with Crippen molar-refractivity contribution in [2.75, 3.05) is 19.6 Å². The molecule has 0 aromatic heterocycles. The Bertz CT molecular complexity index is 136. The van der Waals surface area contributed by atoms with Gasteiger partial charge in [-0.05, 0) is 32.9 Å². The van der Waals surface area contributed by atoms with Crippen LogP contribution in [0.2, 0.25) is 0 Å². The van der Waals surface area contributed by atoms with Crippen LogP contribution in [0.1, 0.15) is 72.1 Å². The predicted octanol–water partition coefficient (Wildman–Crippen LogP) is 3.83. The van der Waals surface area contributed by atoms with Crippen molar-refractivity contribution in [2.24, 2.45) is 0 Å². The van der Waals surface area contributed by atoms with E-state index in [0.717, 1.165) is 19.6 Å². The number of nitrogens with zero attached hydrogens (tertiary/aromatic N) is 1. The summed E-state index contributed by atoms with van der Waals surface area (Å²) < 4.78 is 0. The lowest BCUT2D eigenvalue weighted by Gasteiger charge is -2.23. The Morgan fingerprint density at radius 2 is 1.29 bits per heavy atom. The van der Waals surface area contributed by atoms with Gasteiger partial charge in [0.15, 0.2) is 0 Å². The summed E-state index contributed by atoms with van der Waals surface area (Å²) in [6.07, 6.45) is 10.3. The quantitative estimate of drug-likeness (QED) is 0.527. The van der Waals surface area contributed by atoms with Crippen LogP contribution in [0.5, 0.6) is 0 Å². The molecule has 2 nitrogen and oxygen atoms in total. The van der Waals surface area contributed by atoms with Crippen LogP contribution < -0.4 is 0 Å². The molecule has 2 heteroatoms. The molecule has 0 aliphatic heterocycles. The van der Waals surface area contributed by atoms with E-state index in [2.05, 4.69) is 18.7 Å². The topological polar surface area (TPSA) is 23.5 Å². The normalized spacial score (nSPS) is 13.2. The number of hydrogen-bond donors (Lipinski definition) is 1.